The molecule has 1 fully saturated rings. The van der Waals surface area contributed by atoms with Crippen molar-refractivity contribution in [3.8, 4) is 0 Å². The van der Waals surface area contributed by atoms with Crippen molar-refractivity contribution in [3.05, 3.63) is 0 Å². The van der Waals surface area contributed by atoms with Gasteiger partial charge in [-0.1, -0.05) is 20.8 Å². The second-order valence-electron chi connectivity index (χ2n) is 5.96. The summed E-state index contributed by atoms with van der Waals surface area (Å²) in [7, 11) is 0. The van der Waals surface area contributed by atoms with Gasteiger partial charge in [-0.25, -0.2) is 8.78 Å². The average molecular weight is 290 g/mol. The van der Waals surface area contributed by atoms with Crippen molar-refractivity contribution >= 4 is 11.8 Å². The Labute approximate surface area is 118 Å². The van der Waals surface area contributed by atoms with E-state index in [2.05, 4.69) is 5.32 Å². The van der Waals surface area contributed by atoms with Crippen LogP contribution in [0.3, 0.4) is 0 Å². The molecule has 0 aromatic heterocycles. The van der Waals surface area contributed by atoms with Crippen molar-refractivity contribution in [3.63, 3.8) is 0 Å². The van der Waals surface area contributed by atoms with E-state index >= 15 is 0 Å². The van der Waals surface area contributed by atoms with Gasteiger partial charge < -0.3 is 11.1 Å². The van der Waals surface area contributed by atoms with E-state index in [0.717, 1.165) is 0 Å². The highest BCUT2D eigenvalue weighted by Gasteiger charge is 2.43. The number of nitrogens with two attached hydrogens (primary N) is 1. The Morgan fingerprint density at radius 2 is 1.85 bits per heavy atom. The highest BCUT2D eigenvalue weighted by molar-refractivity contribution is 5.91. The lowest BCUT2D eigenvalue weighted by Crippen LogP contribution is -2.61. The lowest BCUT2D eigenvalue weighted by Gasteiger charge is -2.37. The number of carbonyl (C=O) groups excluding carboxylic acids is 2. The van der Waals surface area contributed by atoms with E-state index in [4.69, 9.17) is 5.73 Å². The van der Waals surface area contributed by atoms with Gasteiger partial charge in [0.2, 0.25) is 17.7 Å². The summed E-state index contributed by atoms with van der Waals surface area (Å²) < 4.78 is 26.2. The molecule has 2 amide bonds. The molecule has 0 aromatic carbocycles. The second-order valence-corrected chi connectivity index (χ2v) is 5.96. The van der Waals surface area contributed by atoms with Gasteiger partial charge in [-0.05, 0) is 25.2 Å². The Hall–Kier alpha value is -1.20. The SMILES string of the molecule is CCC(NC(=O)C1CCC(F)(F)CC1)(C(N)=O)C(C)C. The molecule has 1 atom stereocenters. The summed E-state index contributed by atoms with van der Waals surface area (Å²) in [6, 6.07) is 0. The maximum Gasteiger partial charge on any atom is 0.248 e. The van der Waals surface area contributed by atoms with Crippen molar-refractivity contribution < 1.29 is 18.4 Å². The number of nitrogens with one attached hydrogen (secondary N) is 1. The van der Waals surface area contributed by atoms with E-state index in [1.165, 1.54) is 0 Å². The number of hydrogen-bond acceptors (Lipinski definition) is 2. The fourth-order valence-electron chi connectivity index (χ4n) is 2.79. The van der Waals surface area contributed by atoms with Crippen molar-refractivity contribution in [1.29, 1.82) is 0 Å². The molecule has 6 heteroatoms. The zero-order valence-corrected chi connectivity index (χ0v) is 12.3. The number of primary amides is 1. The highest BCUT2D eigenvalue weighted by atomic mass is 19.3. The van der Waals surface area contributed by atoms with Crippen LogP contribution in [0.15, 0.2) is 0 Å². The van der Waals surface area contributed by atoms with Crippen LogP contribution in [0.1, 0.15) is 52.9 Å². The number of hydrogen-bond donors (Lipinski definition) is 2. The highest BCUT2D eigenvalue weighted by Crippen LogP contribution is 2.36. The minimum Gasteiger partial charge on any atom is -0.368 e. The van der Waals surface area contributed by atoms with Gasteiger partial charge in [0.15, 0.2) is 0 Å². The maximum atomic E-state index is 13.1. The van der Waals surface area contributed by atoms with Crippen LogP contribution in [-0.4, -0.2) is 23.3 Å². The summed E-state index contributed by atoms with van der Waals surface area (Å²) >= 11 is 0. The predicted molar refractivity (Wildman–Crippen MR) is 72.1 cm³/mol. The first-order chi connectivity index (χ1) is 9.14. The molecule has 1 aliphatic rings. The van der Waals surface area contributed by atoms with E-state index in [0.29, 0.717) is 6.42 Å². The molecule has 0 aliphatic heterocycles. The zero-order valence-electron chi connectivity index (χ0n) is 12.3. The van der Waals surface area contributed by atoms with E-state index in [1.807, 2.05) is 13.8 Å². The smallest absolute Gasteiger partial charge is 0.248 e. The number of halogens is 2. The van der Waals surface area contributed by atoms with E-state index in [-0.39, 0.29) is 37.5 Å². The molecule has 1 saturated carbocycles. The van der Waals surface area contributed by atoms with Crippen LogP contribution >= 0.6 is 0 Å². The number of amides is 2. The molecule has 1 unspecified atom stereocenters. The van der Waals surface area contributed by atoms with Crippen LogP contribution in [0, 0.1) is 11.8 Å². The molecular formula is C14H24F2N2O2. The van der Waals surface area contributed by atoms with Gasteiger partial charge in [-0.3, -0.25) is 9.59 Å². The normalized spacial score (nSPS) is 22.3. The molecule has 0 spiro atoms. The third kappa shape index (κ3) is 3.46. The third-order valence-electron chi connectivity index (χ3n) is 4.42. The second kappa shape index (κ2) is 6.06. The van der Waals surface area contributed by atoms with Gasteiger partial charge in [-0.2, -0.15) is 0 Å². The van der Waals surface area contributed by atoms with Gasteiger partial charge in [0.05, 0.1) is 0 Å². The topological polar surface area (TPSA) is 72.2 Å². The molecule has 0 aromatic rings. The summed E-state index contributed by atoms with van der Waals surface area (Å²) in [5, 5.41) is 2.72. The first-order valence-corrected chi connectivity index (χ1v) is 7.14. The molecule has 1 rings (SSSR count). The van der Waals surface area contributed by atoms with Crippen LogP contribution in [-0.2, 0) is 9.59 Å². The third-order valence-corrected chi connectivity index (χ3v) is 4.42. The molecule has 0 heterocycles. The monoisotopic (exact) mass is 290 g/mol. The average Bonchev–Trinajstić information content (AvgIpc) is 2.34. The largest absolute Gasteiger partial charge is 0.368 e. The Balaban J connectivity index is 2.75. The van der Waals surface area contributed by atoms with E-state index in [1.54, 1.807) is 6.92 Å². The summed E-state index contributed by atoms with van der Waals surface area (Å²) in [6.07, 6.45) is 0.129. The van der Waals surface area contributed by atoms with Crippen molar-refractivity contribution in [2.24, 2.45) is 17.6 Å². The van der Waals surface area contributed by atoms with Crippen molar-refractivity contribution in [2.45, 2.75) is 64.3 Å². The quantitative estimate of drug-likeness (QED) is 0.815. The number of rotatable bonds is 5. The lowest BCUT2D eigenvalue weighted by molar-refractivity contribution is -0.138. The van der Waals surface area contributed by atoms with Crippen LogP contribution in [0.2, 0.25) is 0 Å². The van der Waals surface area contributed by atoms with Gasteiger partial charge in [0.25, 0.3) is 0 Å². The number of carbonyl (C=O) groups is 2. The summed E-state index contributed by atoms with van der Waals surface area (Å²) in [5.74, 6) is -4.20. The van der Waals surface area contributed by atoms with E-state index < -0.39 is 23.3 Å². The molecule has 0 radical (unpaired) electrons. The Kier molecular flexibility index (Phi) is 5.10. The van der Waals surface area contributed by atoms with Gasteiger partial charge in [0, 0.05) is 18.8 Å². The molecule has 1 aliphatic carbocycles. The van der Waals surface area contributed by atoms with Crippen LogP contribution in [0.25, 0.3) is 0 Å². The maximum absolute atomic E-state index is 13.1. The zero-order chi connectivity index (χ0) is 15.6. The Morgan fingerprint density at radius 1 is 1.35 bits per heavy atom. The van der Waals surface area contributed by atoms with Crippen LogP contribution < -0.4 is 11.1 Å². The molecular weight excluding hydrogens is 266 g/mol. The van der Waals surface area contributed by atoms with Crippen LogP contribution in [0.4, 0.5) is 8.78 Å². The molecule has 0 bridgehead atoms. The minimum atomic E-state index is -2.67. The van der Waals surface area contributed by atoms with Gasteiger partial charge in [-0.15, -0.1) is 0 Å². The van der Waals surface area contributed by atoms with E-state index in [9.17, 15) is 18.4 Å². The first kappa shape index (κ1) is 16.9. The lowest BCUT2D eigenvalue weighted by atomic mass is 9.81. The molecule has 0 saturated heterocycles. The van der Waals surface area contributed by atoms with Crippen molar-refractivity contribution in [2.75, 3.05) is 0 Å². The summed E-state index contributed by atoms with van der Waals surface area (Å²) in [5.41, 5.74) is 4.33. The molecule has 4 nitrogen and oxygen atoms in total. The fraction of sp³-hybridized carbons (Fsp3) is 0.857. The predicted octanol–water partition coefficient (Wildman–Crippen LogP) is 2.22. The molecule has 116 valence electrons. The first-order valence-electron chi connectivity index (χ1n) is 7.14. The Bertz CT molecular complexity index is 375. The molecule has 20 heavy (non-hydrogen) atoms. The number of alkyl halides is 2. The summed E-state index contributed by atoms with van der Waals surface area (Å²) in [4.78, 5) is 23.9. The standard InChI is InChI=1S/C14H24F2N2O2/c1-4-14(9(2)3,12(17)20)18-11(19)10-5-7-13(15,16)8-6-10/h9-10H,4-8H2,1-3H3,(H2,17,20)(H,18,19). The Morgan fingerprint density at radius 3 is 2.20 bits per heavy atom. The van der Waals surface area contributed by atoms with Crippen molar-refractivity contribution in [1.82, 2.24) is 5.32 Å². The fourth-order valence-corrected chi connectivity index (χ4v) is 2.79. The van der Waals surface area contributed by atoms with Gasteiger partial charge in [0.1, 0.15) is 5.54 Å². The van der Waals surface area contributed by atoms with Crippen LogP contribution in [0.5, 0.6) is 0 Å². The van der Waals surface area contributed by atoms with Gasteiger partial charge >= 0.3 is 0 Å². The summed E-state index contributed by atoms with van der Waals surface area (Å²) in [6.45, 7) is 5.40. The minimum absolute atomic E-state index is 0.148. The molecule has 3 N–H and O–H groups in total.